The Morgan fingerprint density at radius 1 is 1.21 bits per heavy atom. The lowest BCUT2D eigenvalue weighted by molar-refractivity contribution is 0.628. The molecule has 0 bridgehead atoms. The minimum absolute atomic E-state index is 0.231. The minimum atomic E-state index is -0.231. The van der Waals surface area contributed by atoms with E-state index in [1.165, 1.54) is 36.3 Å². The maximum atomic E-state index is 12.9. The van der Waals surface area contributed by atoms with Crippen molar-refractivity contribution in [3.05, 3.63) is 35.5 Å². The van der Waals surface area contributed by atoms with Gasteiger partial charge in [0.1, 0.15) is 11.7 Å². The van der Waals surface area contributed by atoms with Crippen LogP contribution in [0.4, 0.5) is 9.52 Å². The van der Waals surface area contributed by atoms with Crippen LogP contribution in [0.15, 0.2) is 34.6 Å². The number of thiazole rings is 1. The molecule has 0 saturated carbocycles. The smallest absolute Gasteiger partial charge is 0.211 e. The van der Waals surface area contributed by atoms with Crippen molar-refractivity contribution >= 4 is 22.3 Å². The predicted octanol–water partition coefficient (Wildman–Crippen LogP) is 3.75. The third-order valence-electron chi connectivity index (χ3n) is 3.03. The number of amidine groups is 1. The number of piperidine rings is 1. The van der Waals surface area contributed by atoms with E-state index in [-0.39, 0.29) is 5.82 Å². The van der Waals surface area contributed by atoms with Crippen LogP contribution in [0.1, 0.15) is 19.3 Å². The summed E-state index contributed by atoms with van der Waals surface area (Å²) >= 11 is 1.51. The van der Waals surface area contributed by atoms with Crippen LogP contribution in [0.5, 0.6) is 0 Å². The molecule has 19 heavy (non-hydrogen) atoms. The Morgan fingerprint density at radius 2 is 2.05 bits per heavy atom. The van der Waals surface area contributed by atoms with Gasteiger partial charge in [-0.15, -0.1) is 11.3 Å². The van der Waals surface area contributed by atoms with Gasteiger partial charge >= 0.3 is 0 Å². The van der Waals surface area contributed by atoms with E-state index < -0.39 is 0 Å². The molecule has 0 atom stereocenters. The van der Waals surface area contributed by atoms with Crippen LogP contribution in [0.2, 0.25) is 0 Å². The first-order valence-electron chi connectivity index (χ1n) is 6.34. The Morgan fingerprint density at radius 3 is 2.79 bits per heavy atom. The zero-order valence-corrected chi connectivity index (χ0v) is 11.2. The summed E-state index contributed by atoms with van der Waals surface area (Å²) in [5.74, 6) is 0.789. The molecule has 0 amide bonds. The summed E-state index contributed by atoms with van der Waals surface area (Å²) in [5.41, 5.74) is 1.76. The molecule has 98 valence electrons. The number of aliphatic imine (C=N–C) groups is 1. The van der Waals surface area contributed by atoms with Gasteiger partial charge in [-0.05, 0) is 37.1 Å². The Balaban J connectivity index is 1.81. The zero-order valence-electron chi connectivity index (χ0n) is 10.4. The van der Waals surface area contributed by atoms with Crippen molar-refractivity contribution in [2.75, 3.05) is 6.54 Å². The van der Waals surface area contributed by atoms with E-state index in [0.29, 0.717) is 0 Å². The fraction of sp³-hybridized carbons (Fsp3) is 0.286. The van der Waals surface area contributed by atoms with Gasteiger partial charge in [-0.3, -0.25) is 0 Å². The number of rotatable bonds is 2. The molecule has 0 radical (unpaired) electrons. The van der Waals surface area contributed by atoms with Gasteiger partial charge in [0.2, 0.25) is 5.13 Å². The van der Waals surface area contributed by atoms with E-state index in [0.717, 1.165) is 35.2 Å². The highest BCUT2D eigenvalue weighted by Gasteiger charge is 2.08. The van der Waals surface area contributed by atoms with Crippen LogP contribution >= 0.6 is 11.3 Å². The van der Waals surface area contributed by atoms with Gasteiger partial charge < -0.3 is 5.32 Å². The summed E-state index contributed by atoms with van der Waals surface area (Å²) in [5, 5.41) is 6.00. The summed E-state index contributed by atoms with van der Waals surface area (Å²) in [6.07, 6.45) is 3.38. The van der Waals surface area contributed by atoms with Crippen LogP contribution in [0.25, 0.3) is 11.3 Å². The Labute approximate surface area is 115 Å². The minimum Gasteiger partial charge on any atom is -0.373 e. The number of hydrogen-bond acceptors (Lipinski definition) is 3. The van der Waals surface area contributed by atoms with E-state index in [2.05, 4.69) is 15.3 Å². The number of nitrogens with zero attached hydrogens (tertiary/aromatic N) is 2. The molecule has 1 fully saturated rings. The van der Waals surface area contributed by atoms with Crippen molar-refractivity contribution in [1.82, 2.24) is 10.3 Å². The van der Waals surface area contributed by atoms with E-state index in [9.17, 15) is 4.39 Å². The molecule has 1 N–H and O–H groups in total. The molecule has 1 aromatic heterocycles. The molecule has 3 nitrogen and oxygen atoms in total. The maximum absolute atomic E-state index is 12.9. The SMILES string of the molecule is Fc1ccc(-c2csc(/N=C3/CCCCN3)n2)cc1. The van der Waals surface area contributed by atoms with Crippen molar-refractivity contribution in [3.63, 3.8) is 0 Å². The largest absolute Gasteiger partial charge is 0.373 e. The Hall–Kier alpha value is -1.75. The molecule has 1 aromatic carbocycles. The van der Waals surface area contributed by atoms with Crippen molar-refractivity contribution in [2.24, 2.45) is 4.99 Å². The molecule has 2 heterocycles. The average molecular weight is 275 g/mol. The molecule has 1 saturated heterocycles. The van der Waals surface area contributed by atoms with Crippen molar-refractivity contribution in [3.8, 4) is 11.3 Å². The molecular formula is C14H14FN3S. The lowest BCUT2D eigenvalue weighted by Crippen LogP contribution is -2.28. The fourth-order valence-corrected chi connectivity index (χ4v) is 2.74. The van der Waals surface area contributed by atoms with E-state index in [4.69, 9.17) is 0 Å². The van der Waals surface area contributed by atoms with Gasteiger partial charge in [0.05, 0.1) is 5.69 Å². The molecule has 5 heteroatoms. The Bertz CT molecular complexity index is 581. The van der Waals surface area contributed by atoms with Gasteiger partial charge in [0.15, 0.2) is 0 Å². The van der Waals surface area contributed by atoms with E-state index in [1.54, 1.807) is 12.1 Å². The first-order valence-corrected chi connectivity index (χ1v) is 7.22. The van der Waals surface area contributed by atoms with Crippen molar-refractivity contribution < 1.29 is 4.39 Å². The summed E-state index contributed by atoms with van der Waals surface area (Å²) < 4.78 is 12.9. The quantitative estimate of drug-likeness (QED) is 0.906. The second kappa shape index (κ2) is 5.48. The van der Waals surface area contributed by atoms with Crippen molar-refractivity contribution in [2.45, 2.75) is 19.3 Å². The van der Waals surface area contributed by atoms with Gasteiger partial charge in [-0.25, -0.2) is 14.4 Å². The number of benzene rings is 1. The molecule has 1 aliphatic rings. The highest BCUT2D eigenvalue weighted by Crippen LogP contribution is 2.27. The topological polar surface area (TPSA) is 37.3 Å². The van der Waals surface area contributed by atoms with E-state index >= 15 is 0 Å². The molecule has 0 unspecified atom stereocenters. The van der Waals surface area contributed by atoms with Gasteiger partial charge in [0.25, 0.3) is 0 Å². The Kier molecular flexibility index (Phi) is 3.55. The molecule has 0 spiro atoms. The summed E-state index contributed by atoms with van der Waals surface area (Å²) in [6, 6.07) is 6.37. The fourth-order valence-electron chi connectivity index (χ4n) is 2.02. The van der Waals surface area contributed by atoms with Crippen LogP contribution in [-0.4, -0.2) is 17.4 Å². The molecular weight excluding hydrogens is 261 g/mol. The standard InChI is InChI=1S/C14H14FN3S/c15-11-6-4-10(5-7-11)12-9-19-14(17-12)18-13-3-1-2-8-16-13/h4-7,9H,1-3,8H2,(H,16,17,18). The lowest BCUT2D eigenvalue weighted by atomic mass is 10.1. The molecule has 0 aliphatic carbocycles. The molecule has 1 aliphatic heterocycles. The van der Waals surface area contributed by atoms with Crippen LogP contribution in [-0.2, 0) is 0 Å². The molecule has 2 aromatic rings. The monoisotopic (exact) mass is 275 g/mol. The van der Waals surface area contributed by atoms with Crippen molar-refractivity contribution in [1.29, 1.82) is 0 Å². The van der Waals surface area contributed by atoms with Crippen LogP contribution < -0.4 is 5.32 Å². The number of nitrogens with one attached hydrogen (secondary N) is 1. The maximum Gasteiger partial charge on any atom is 0.211 e. The van der Waals surface area contributed by atoms with Gasteiger partial charge in [-0.1, -0.05) is 0 Å². The first-order chi connectivity index (χ1) is 9.31. The highest BCUT2D eigenvalue weighted by atomic mass is 32.1. The summed E-state index contributed by atoms with van der Waals surface area (Å²) in [4.78, 5) is 8.99. The summed E-state index contributed by atoms with van der Waals surface area (Å²) in [6.45, 7) is 0.995. The normalized spacial score (nSPS) is 17.4. The van der Waals surface area contributed by atoms with E-state index in [1.807, 2.05) is 5.38 Å². The predicted molar refractivity (Wildman–Crippen MR) is 76.5 cm³/mol. The average Bonchev–Trinajstić information content (AvgIpc) is 2.89. The zero-order chi connectivity index (χ0) is 13.1. The second-order valence-electron chi connectivity index (χ2n) is 4.46. The number of halogens is 1. The third-order valence-corrected chi connectivity index (χ3v) is 3.77. The van der Waals surface area contributed by atoms with Crippen LogP contribution in [0, 0.1) is 5.82 Å². The summed E-state index contributed by atoms with van der Waals surface area (Å²) in [7, 11) is 0. The number of aromatic nitrogens is 1. The first kappa shape index (κ1) is 12.3. The number of hydrogen-bond donors (Lipinski definition) is 1. The van der Waals surface area contributed by atoms with Crippen LogP contribution in [0.3, 0.4) is 0 Å². The second-order valence-corrected chi connectivity index (χ2v) is 5.30. The lowest BCUT2D eigenvalue weighted by Gasteiger charge is -2.14. The van der Waals surface area contributed by atoms with Gasteiger partial charge in [-0.2, -0.15) is 0 Å². The highest BCUT2D eigenvalue weighted by molar-refractivity contribution is 7.13. The molecule has 3 rings (SSSR count). The van der Waals surface area contributed by atoms with Gasteiger partial charge in [0, 0.05) is 23.9 Å². The third kappa shape index (κ3) is 2.98.